The number of aryl methyl sites for hydroxylation is 1. The molecule has 1 N–H and O–H groups in total. The monoisotopic (exact) mass is 471 g/mol. The number of hydrogen-bond acceptors (Lipinski definition) is 3. The largest absolute Gasteiger partial charge is 0.354 e. The number of carbonyl (C=O) groups excluding carboxylic acids is 3. The van der Waals surface area contributed by atoms with Crippen LogP contribution >= 0.6 is 0 Å². The van der Waals surface area contributed by atoms with Crippen molar-refractivity contribution in [2.45, 2.75) is 52.6 Å². The van der Waals surface area contributed by atoms with Crippen molar-refractivity contribution in [3.05, 3.63) is 77.4 Å². The second-order valence-electron chi connectivity index (χ2n) is 9.09. The van der Waals surface area contributed by atoms with Crippen LogP contribution in [0, 0.1) is 6.92 Å². The summed E-state index contributed by atoms with van der Waals surface area (Å²) < 4.78 is 0. The number of benzene rings is 3. The summed E-state index contributed by atoms with van der Waals surface area (Å²) in [7, 11) is 0. The van der Waals surface area contributed by atoms with Gasteiger partial charge >= 0.3 is 0 Å². The molecule has 1 atom stereocenters. The lowest BCUT2D eigenvalue weighted by atomic mass is 10.1. The summed E-state index contributed by atoms with van der Waals surface area (Å²) in [5.74, 6) is -0.577. The summed E-state index contributed by atoms with van der Waals surface area (Å²) in [6.45, 7) is 6.77. The first-order valence-electron chi connectivity index (χ1n) is 12.4. The molecule has 6 heteroatoms. The van der Waals surface area contributed by atoms with Gasteiger partial charge in [-0.1, -0.05) is 68.8 Å². The van der Waals surface area contributed by atoms with Crippen LogP contribution in [0.1, 0.15) is 54.6 Å². The minimum atomic E-state index is -0.616. The van der Waals surface area contributed by atoms with Gasteiger partial charge in [-0.3, -0.25) is 19.3 Å². The number of carbonyl (C=O) groups is 3. The molecule has 3 amide bonds. The second kappa shape index (κ2) is 10.7. The van der Waals surface area contributed by atoms with E-state index in [4.69, 9.17) is 0 Å². The zero-order valence-corrected chi connectivity index (χ0v) is 20.7. The Morgan fingerprint density at radius 3 is 2.46 bits per heavy atom. The molecular formula is C29H33N3O3. The minimum Gasteiger partial charge on any atom is -0.354 e. The maximum absolute atomic E-state index is 13.8. The maximum atomic E-state index is 13.8. The van der Waals surface area contributed by atoms with Crippen LogP contribution in [0.5, 0.6) is 0 Å². The Morgan fingerprint density at radius 1 is 1.00 bits per heavy atom. The summed E-state index contributed by atoms with van der Waals surface area (Å²) in [4.78, 5) is 43.4. The topological polar surface area (TPSA) is 69.7 Å². The molecule has 0 radical (unpaired) electrons. The van der Waals surface area contributed by atoms with Gasteiger partial charge < -0.3 is 10.2 Å². The Labute approximate surface area is 206 Å². The number of unbranched alkanes of at least 4 members (excludes halogenated alkanes) is 1. The molecule has 0 aromatic heterocycles. The summed E-state index contributed by atoms with van der Waals surface area (Å²) in [6.07, 6.45) is 2.35. The Kier molecular flexibility index (Phi) is 7.49. The van der Waals surface area contributed by atoms with Crippen molar-refractivity contribution in [3.8, 4) is 0 Å². The molecule has 0 unspecified atom stereocenters. The fraction of sp³-hybridized carbons (Fsp3) is 0.345. The molecule has 1 heterocycles. The molecule has 1 aliphatic heterocycles. The van der Waals surface area contributed by atoms with E-state index in [9.17, 15) is 14.4 Å². The van der Waals surface area contributed by atoms with Gasteiger partial charge in [0.15, 0.2) is 0 Å². The van der Waals surface area contributed by atoms with Crippen molar-refractivity contribution < 1.29 is 14.4 Å². The van der Waals surface area contributed by atoms with Crippen LogP contribution in [0.4, 0.5) is 5.69 Å². The highest BCUT2D eigenvalue weighted by atomic mass is 16.2. The Balaban J connectivity index is 1.63. The van der Waals surface area contributed by atoms with E-state index < -0.39 is 6.04 Å². The average Bonchev–Trinajstić information content (AvgIpc) is 3.13. The third-order valence-corrected chi connectivity index (χ3v) is 6.76. The van der Waals surface area contributed by atoms with Gasteiger partial charge in [-0.2, -0.15) is 0 Å². The van der Waals surface area contributed by atoms with E-state index in [-0.39, 0.29) is 24.3 Å². The summed E-state index contributed by atoms with van der Waals surface area (Å²) in [5.41, 5.74) is 3.40. The van der Waals surface area contributed by atoms with Gasteiger partial charge in [-0.15, -0.1) is 0 Å². The smallest absolute Gasteiger partial charge is 0.259 e. The van der Waals surface area contributed by atoms with Crippen LogP contribution in [0.25, 0.3) is 10.8 Å². The number of nitrogens with one attached hydrogen (secondary N) is 1. The average molecular weight is 472 g/mol. The van der Waals surface area contributed by atoms with Crippen LogP contribution < -0.4 is 10.2 Å². The zero-order valence-electron chi connectivity index (χ0n) is 20.7. The molecule has 35 heavy (non-hydrogen) atoms. The lowest BCUT2D eigenvalue weighted by Gasteiger charge is -2.32. The van der Waals surface area contributed by atoms with E-state index in [2.05, 4.69) is 12.2 Å². The molecule has 3 aromatic rings. The van der Waals surface area contributed by atoms with E-state index in [0.717, 1.165) is 40.4 Å². The second-order valence-corrected chi connectivity index (χ2v) is 9.09. The van der Waals surface area contributed by atoms with E-state index in [1.165, 1.54) is 0 Å². The molecular weight excluding hydrogens is 438 g/mol. The highest BCUT2D eigenvalue weighted by Crippen LogP contribution is 2.37. The molecule has 182 valence electrons. The van der Waals surface area contributed by atoms with Gasteiger partial charge in [0.25, 0.3) is 5.91 Å². The molecule has 0 spiro atoms. The predicted molar refractivity (Wildman–Crippen MR) is 139 cm³/mol. The summed E-state index contributed by atoms with van der Waals surface area (Å²) in [6, 6.07) is 18.7. The van der Waals surface area contributed by atoms with Gasteiger partial charge in [0.1, 0.15) is 12.6 Å². The quantitative estimate of drug-likeness (QED) is 0.431. The van der Waals surface area contributed by atoms with Crippen molar-refractivity contribution in [3.63, 3.8) is 0 Å². The fourth-order valence-corrected chi connectivity index (χ4v) is 4.76. The van der Waals surface area contributed by atoms with Crippen molar-refractivity contribution in [2.75, 3.05) is 18.0 Å². The Morgan fingerprint density at radius 2 is 1.74 bits per heavy atom. The molecule has 0 aliphatic carbocycles. The van der Waals surface area contributed by atoms with Crippen LogP contribution in [0.15, 0.2) is 60.7 Å². The van der Waals surface area contributed by atoms with Crippen LogP contribution in [-0.2, 0) is 16.1 Å². The van der Waals surface area contributed by atoms with Crippen LogP contribution in [0.2, 0.25) is 0 Å². The fourth-order valence-electron chi connectivity index (χ4n) is 4.76. The molecule has 3 aromatic carbocycles. The number of anilines is 1. The van der Waals surface area contributed by atoms with Gasteiger partial charge in [-0.25, -0.2) is 0 Å². The first-order chi connectivity index (χ1) is 17.0. The third-order valence-electron chi connectivity index (χ3n) is 6.76. The highest BCUT2D eigenvalue weighted by Gasteiger charge is 2.35. The minimum absolute atomic E-state index is 0.114. The lowest BCUT2D eigenvalue weighted by molar-refractivity contribution is -0.140. The molecule has 0 saturated heterocycles. The Hall–Kier alpha value is -3.67. The van der Waals surface area contributed by atoms with E-state index in [1.54, 1.807) is 15.9 Å². The molecule has 0 fully saturated rings. The van der Waals surface area contributed by atoms with E-state index in [0.29, 0.717) is 25.1 Å². The van der Waals surface area contributed by atoms with Gasteiger partial charge in [-0.05, 0) is 48.4 Å². The number of amides is 3. The van der Waals surface area contributed by atoms with Gasteiger partial charge in [0.05, 0.1) is 5.69 Å². The first kappa shape index (κ1) is 24.5. The Bertz CT molecular complexity index is 1250. The normalized spacial score (nSPS) is 13.2. The first-order valence-corrected chi connectivity index (χ1v) is 12.4. The van der Waals surface area contributed by atoms with Gasteiger partial charge in [0, 0.05) is 24.0 Å². The summed E-state index contributed by atoms with van der Waals surface area (Å²) in [5, 5.41) is 4.84. The SMILES string of the molecule is CCCCNC(=O)[C@@H](CC)N(Cc1ccccc1C)C(=O)CN1C(=O)c2cccc3cccc1c23. The predicted octanol–water partition coefficient (Wildman–Crippen LogP) is 4.83. The van der Waals surface area contributed by atoms with Gasteiger partial charge in [0.2, 0.25) is 11.8 Å². The van der Waals surface area contributed by atoms with Crippen LogP contribution in [0.3, 0.4) is 0 Å². The number of nitrogens with zero attached hydrogens (tertiary/aromatic N) is 2. The van der Waals surface area contributed by atoms with E-state index in [1.807, 2.05) is 68.4 Å². The standard InChI is InChI=1S/C29H33N3O3/c1-4-6-17-30-28(34)24(5-2)31(18-22-12-8-7-11-20(22)3)26(33)19-32-25-16-10-14-21-13-9-15-23(27(21)25)29(32)35/h7-16,24H,4-6,17-19H2,1-3H3,(H,30,34)/t24-/m1/s1. The third kappa shape index (κ3) is 4.92. The lowest BCUT2D eigenvalue weighted by Crippen LogP contribution is -2.52. The molecule has 1 aliphatic rings. The van der Waals surface area contributed by atoms with Crippen molar-refractivity contribution >= 4 is 34.2 Å². The van der Waals surface area contributed by atoms with Crippen molar-refractivity contribution in [1.29, 1.82) is 0 Å². The number of hydrogen-bond donors (Lipinski definition) is 1. The van der Waals surface area contributed by atoms with Crippen molar-refractivity contribution in [1.82, 2.24) is 10.2 Å². The summed E-state index contributed by atoms with van der Waals surface area (Å²) >= 11 is 0. The van der Waals surface area contributed by atoms with Crippen LogP contribution in [-0.4, -0.2) is 41.8 Å². The maximum Gasteiger partial charge on any atom is 0.259 e. The highest BCUT2D eigenvalue weighted by molar-refractivity contribution is 6.26. The molecule has 0 bridgehead atoms. The molecule has 0 saturated carbocycles. The van der Waals surface area contributed by atoms with E-state index >= 15 is 0 Å². The molecule has 6 nitrogen and oxygen atoms in total. The molecule has 4 rings (SSSR count). The van der Waals surface area contributed by atoms with Crippen molar-refractivity contribution in [2.24, 2.45) is 0 Å². The number of rotatable bonds is 10. The zero-order chi connectivity index (χ0) is 24.9.